The summed E-state index contributed by atoms with van der Waals surface area (Å²) in [6.45, 7) is 1.14. The van der Waals surface area contributed by atoms with Crippen LogP contribution >= 0.6 is 0 Å². The molecular weight excluding hydrogens is 248 g/mol. The van der Waals surface area contributed by atoms with Gasteiger partial charge in [0.1, 0.15) is 0 Å². The van der Waals surface area contributed by atoms with E-state index in [-0.39, 0.29) is 0 Å². The van der Waals surface area contributed by atoms with E-state index in [1.165, 1.54) is 0 Å². The number of benzene rings is 2. The number of nitrogens with one attached hydrogen (secondary N) is 1. The molecule has 1 heterocycles. The molecule has 2 aromatic carbocycles. The fourth-order valence-electron chi connectivity index (χ4n) is 2.04. The highest BCUT2D eigenvalue weighted by molar-refractivity contribution is 5.78. The summed E-state index contributed by atoms with van der Waals surface area (Å²) in [6.07, 6.45) is 0. The van der Waals surface area contributed by atoms with E-state index in [9.17, 15) is 0 Å². The lowest BCUT2D eigenvalue weighted by Gasteiger charge is -2.06. The Labute approximate surface area is 118 Å². The molecule has 0 radical (unpaired) electrons. The minimum Gasteiger partial charge on any atom is -0.297 e. The van der Waals surface area contributed by atoms with Crippen LogP contribution in [0.1, 0.15) is 11.3 Å². The summed E-state index contributed by atoms with van der Waals surface area (Å²) in [7, 11) is 0. The van der Waals surface area contributed by atoms with E-state index in [2.05, 4.69) is 22.6 Å². The first-order valence-electron chi connectivity index (χ1n) is 6.65. The third kappa shape index (κ3) is 3.20. The fourth-order valence-corrected chi connectivity index (χ4v) is 2.04. The number of hydrogen-bond donors (Lipinski definition) is 1. The molecule has 3 rings (SSSR count). The van der Waals surface area contributed by atoms with Crippen LogP contribution in [0, 0.1) is 0 Å². The predicted molar refractivity (Wildman–Crippen MR) is 79.8 cm³/mol. The Morgan fingerprint density at radius 1 is 0.850 bits per heavy atom. The fraction of sp³-hybridized carbons (Fsp3) is 0.118. The lowest BCUT2D eigenvalue weighted by molar-refractivity contribution is 0.0229. The number of aromatic nitrogens is 1. The van der Waals surface area contributed by atoms with Crippen molar-refractivity contribution in [3.05, 3.63) is 78.0 Å². The first kappa shape index (κ1) is 12.8. The summed E-state index contributed by atoms with van der Waals surface area (Å²) in [4.78, 5) is 10.0. The van der Waals surface area contributed by atoms with Crippen LogP contribution in [-0.4, -0.2) is 4.98 Å². The normalized spacial score (nSPS) is 10.8. The molecule has 3 nitrogen and oxygen atoms in total. The minimum atomic E-state index is 0.550. The molecule has 0 aliphatic rings. The smallest absolute Gasteiger partial charge is 0.0933 e. The van der Waals surface area contributed by atoms with Gasteiger partial charge in [0.05, 0.1) is 24.4 Å². The average Bonchev–Trinajstić information content (AvgIpc) is 2.52. The Kier molecular flexibility index (Phi) is 4.01. The standard InChI is InChI=1S/C17H16N2O/c1-2-6-14(7-3-1)13-20-18-12-16-11-10-15-8-4-5-9-17(15)19-16/h1-11,18H,12-13H2. The van der Waals surface area contributed by atoms with Crippen LogP contribution in [0.3, 0.4) is 0 Å². The molecule has 0 unspecified atom stereocenters. The van der Waals surface area contributed by atoms with Gasteiger partial charge in [-0.05, 0) is 17.7 Å². The van der Waals surface area contributed by atoms with Gasteiger partial charge in [0.15, 0.2) is 0 Å². The molecule has 3 aromatic rings. The predicted octanol–water partition coefficient (Wildman–Crippen LogP) is 3.46. The van der Waals surface area contributed by atoms with E-state index in [1.807, 2.05) is 54.6 Å². The van der Waals surface area contributed by atoms with Crippen LogP contribution in [0.4, 0.5) is 0 Å². The van der Waals surface area contributed by atoms with Crippen molar-refractivity contribution in [1.29, 1.82) is 0 Å². The lowest BCUT2D eigenvalue weighted by atomic mass is 10.2. The van der Waals surface area contributed by atoms with Gasteiger partial charge >= 0.3 is 0 Å². The Hall–Kier alpha value is -2.23. The molecule has 0 saturated heterocycles. The molecule has 0 spiro atoms. The van der Waals surface area contributed by atoms with Gasteiger partial charge in [-0.15, -0.1) is 0 Å². The van der Waals surface area contributed by atoms with Gasteiger partial charge in [0.25, 0.3) is 0 Å². The third-order valence-corrected chi connectivity index (χ3v) is 3.09. The first-order chi connectivity index (χ1) is 9.92. The monoisotopic (exact) mass is 264 g/mol. The molecule has 0 saturated carbocycles. The molecule has 0 aliphatic heterocycles. The molecular formula is C17H16N2O. The number of hydroxylamine groups is 1. The molecule has 0 aliphatic carbocycles. The van der Waals surface area contributed by atoms with Gasteiger partial charge in [-0.1, -0.05) is 54.6 Å². The van der Waals surface area contributed by atoms with E-state index >= 15 is 0 Å². The number of nitrogens with zero attached hydrogens (tertiary/aromatic N) is 1. The summed E-state index contributed by atoms with van der Waals surface area (Å²) in [5.41, 5.74) is 6.08. The maximum Gasteiger partial charge on any atom is 0.0933 e. The van der Waals surface area contributed by atoms with E-state index < -0.39 is 0 Å². The SMILES string of the molecule is c1ccc(CONCc2ccc3ccccc3n2)cc1. The number of fused-ring (bicyclic) bond motifs is 1. The minimum absolute atomic E-state index is 0.550. The van der Waals surface area contributed by atoms with Crippen molar-refractivity contribution in [2.45, 2.75) is 13.2 Å². The summed E-state index contributed by atoms with van der Waals surface area (Å²) in [5, 5.41) is 1.15. The molecule has 0 fully saturated rings. The van der Waals surface area contributed by atoms with Gasteiger partial charge < -0.3 is 0 Å². The number of para-hydroxylation sites is 1. The van der Waals surface area contributed by atoms with Crippen molar-refractivity contribution >= 4 is 10.9 Å². The van der Waals surface area contributed by atoms with Crippen molar-refractivity contribution in [2.24, 2.45) is 0 Å². The zero-order valence-corrected chi connectivity index (χ0v) is 11.1. The van der Waals surface area contributed by atoms with Gasteiger partial charge in [-0.3, -0.25) is 9.82 Å². The van der Waals surface area contributed by atoms with E-state index in [0.717, 1.165) is 22.2 Å². The maximum atomic E-state index is 5.45. The molecule has 0 atom stereocenters. The topological polar surface area (TPSA) is 34.1 Å². The van der Waals surface area contributed by atoms with Crippen molar-refractivity contribution in [1.82, 2.24) is 10.5 Å². The van der Waals surface area contributed by atoms with Gasteiger partial charge in [-0.25, -0.2) is 0 Å². The van der Waals surface area contributed by atoms with Crippen LogP contribution in [-0.2, 0) is 18.0 Å². The van der Waals surface area contributed by atoms with Crippen molar-refractivity contribution < 1.29 is 4.84 Å². The third-order valence-electron chi connectivity index (χ3n) is 3.09. The Balaban J connectivity index is 1.55. The van der Waals surface area contributed by atoms with E-state index in [1.54, 1.807) is 0 Å². The van der Waals surface area contributed by atoms with Crippen LogP contribution < -0.4 is 5.48 Å². The second-order valence-corrected chi connectivity index (χ2v) is 4.59. The van der Waals surface area contributed by atoms with Gasteiger partial charge in [0, 0.05) is 5.39 Å². The Morgan fingerprint density at radius 2 is 1.65 bits per heavy atom. The van der Waals surface area contributed by atoms with Crippen molar-refractivity contribution in [2.75, 3.05) is 0 Å². The first-order valence-corrected chi connectivity index (χ1v) is 6.65. The summed E-state index contributed by atoms with van der Waals surface area (Å²) in [5.74, 6) is 0. The Bertz CT molecular complexity index is 683. The van der Waals surface area contributed by atoms with Crippen LogP contribution in [0.25, 0.3) is 10.9 Å². The summed E-state index contributed by atoms with van der Waals surface area (Å²) >= 11 is 0. The molecule has 0 bridgehead atoms. The summed E-state index contributed by atoms with van der Waals surface area (Å²) < 4.78 is 0. The van der Waals surface area contributed by atoms with Crippen LogP contribution in [0.15, 0.2) is 66.7 Å². The summed E-state index contributed by atoms with van der Waals surface area (Å²) in [6, 6.07) is 22.3. The second-order valence-electron chi connectivity index (χ2n) is 4.59. The second kappa shape index (κ2) is 6.28. The van der Waals surface area contributed by atoms with Crippen LogP contribution in [0.5, 0.6) is 0 Å². The average molecular weight is 264 g/mol. The maximum absolute atomic E-state index is 5.45. The highest BCUT2D eigenvalue weighted by Crippen LogP contribution is 2.11. The molecule has 1 N–H and O–H groups in total. The van der Waals surface area contributed by atoms with Crippen molar-refractivity contribution in [3.63, 3.8) is 0 Å². The molecule has 3 heteroatoms. The molecule has 20 heavy (non-hydrogen) atoms. The van der Waals surface area contributed by atoms with Crippen LogP contribution in [0.2, 0.25) is 0 Å². The Morgan fingerprint density at radius 3 is 2.55 bits per heavy atom. The number of rotatable bonds is 5. The van der Waals surface area contributed by atoms with Crippen molar-refractivity contribution in [3.8, 4) is 0 Å². The molecule has 1 aromatic heterocycles. The highest BCUT2D eigenvalue weighted by Gasteiger charge is 1.98. The van der Waals surface area contributed by atoms with E-state index in [4.69, 9.17) is 4.84 Å². The zero-order valence-electron chi connectivity index (χ0n) is 11.1. The zero-order chi connectivity index (χ0) is 13.6. The number of hydrogen-bond acceptors (Lipinski definition) is 3. The lowest BCUT2D eigenvalue weighted by Crippen LogP contribution is -2.14. The quantitative estimate of drug-likeness (QED) is 0.566. The highest BCUT2D eigenvalue weighted by atomic mass is 16.6. The number of pyridine rings is 1. The van der Waals surface area contributed by atoms with Gasteiger partial charge in [0.2, 0.25) is 0 Å². The van der Waals surface area contributed by atoms with Gasteiger partial charge in [-0.2, -0.15) is 5.48 Å². The molecule has 100 valence electrons. The largest absolute Gasteiger partial charge is 0.297 e. The molecule has 0 amide bonds. The van der Waals surface area contributed by atoms with E-state index in [0.29, 0.717) is 13.2 Å².